The third-order valence-corrected chi connectivity index (χ3v) is 8.69. The standard InChI is InChI=1S/C33H40ClN9O4.C2HF3O2/c1-33(2,3)47-32(46)37-19-22-4-8-24(9-5-22)30(44)43(26-14-10-23(11-15-26)29-38-40-41-39-29)31(45)27(35)18-21-6-12-25(13-7-21)42-20-36-17-16-28(42)34;3-2(4,5)1(6)7/h6-7,10-17,22,24,27H,4-5,8-9,18-20,35H2,1-3H3,(H,37,46)(H,38,39,40,41);(H,6,7)/t22-,24-,27-;/m0./s1. The van der Waals surface area contributed by atoms with Gasteiger partial charge in [-0.2, -0.15) is 18.4 Å². The van der Waals surface area contributed by atoms with Gasteiger partial charge in [0, 0.05) is 29.9 Å². The lowest BCUT2D eigenvalue weighted by atomic mass is 9.81. The highest BCUT2D eigenvalue weighted by Crippen LogP contribution is 2.32. The molecule has 15 nitrogen and oxygen atoms in total. The van der Waals surface area contributed by atoms with Crippen molar-refractivity contribution in [2.24, 2.45) is 22.6 Å². The van der Waals surface area contributed by atoms with Crippen molar-refractivity contribution in [2.45, 2.75) is 70.7 Å². The Morgan fingerprint density at radius 1 is 1.06 bits per heavy atom. The van der Waals surface area contributed by atoms with Gasteiger partial charge in [0.2, 0.25) is 11.7 Å². The van der Waals surface area contributed by atoms with Crippen LogP contribution in [0.25, 0.3) is 11.4 Å². The number of nitrogens with one attached hydrogen (secondary N) is 2. The molecule has 5 N–H and O–H groups in total. The molecule has 3 aromatic rings. The van der Waals surface area contributed by atoms with E-state index in [9.17, 15) is 27.6 Å². The largest absolute Gasteiger partial charge is 0.490 e. The van der Waals surface area contributed by atoms with Crippen LogP contribution in [-0.4, -0.2) is 86.9 Å². The molecule has 19 heteroatoms. The first-order valence-corrected chi connectivity index (χ1v) is 17.3. The molecule has 54 heavy (non-hydrogen) atoms. The van der Waals surface area contributed by atoms with Crippen LogP contribution >= 0.6 is 11.6 Å². The van der Waals surface area contributed by atoms with E-state index in [1.165, 1.54) is 4.90 Å². The van der Waals surface area contributed by atoms with Crippen molar-refractivity contribution >= 4 is 53.1 Å². The van der Waals surface area contributed by atoms with E-state index in [-0.39, 0.29) is 24.2 Å². The third kappa shape index (κ3) is 11.8. The lowest BCUT2D eigenvalue weighted by Crippen LogP contribution is -2.50. The Labute approximate surface area is 313 Å². The van der Waals surface area contributed by atoms with Crippen LogP contribution in [0.2, 0.25) is 0 Å². The maximum Gasteiger partial charge on any atom is 0.490 e. The number of halogens is 4. The molecular weight excluding hydrogens is 735 g/mol. The number of carbonyl (C=O) groups is 4. The highest BCUT2D eigenvalue weighted by atomic mass is 35.5. The number of carboxylic acids is 1. The summed E-state index contributed by atoms with van der Waals surface area (Å²) in [5.74, 6) is -3.31. The van der Waals surface area contributed by atoms with E-state index in [0.717, 1.165) is 24.1 Å². The molecule has 1 fully saturated rings. The summed E-state index contributed by atoms with van der Waals surface area (Å²) in [7, 11) is 0. The number of alkyl carbamates (subject to hydrolysis) is 1. The number of allylic oxidation sites excluding steroid dienone is 1. The smallest absolute Gasteiger partial charge is 0.475 e. The molecule has 1 aliphatic carbocycles. The van der Waals surface area contributed by atoms with Gasteiger partial charge in [-0.3, -0.25) is 14.6 Å². The molecule has 0 spiro atoms. The van der Waals surface area contributed by atoms with Crippen LogP contribution in [-0.2, 0) is 25.5 Å². The monoisotopic (exact) mass is 775 g/mol. The van der Waals surface area contributed by atoms with Gasteiger partial charge in [0.15, 0.2) is 0 Å². The molecule has 0 unspecified atom stereocenters. The topological polar surface area (TPSA) is 209 Å². The van der Waals surface area contributed by atoms with Crippen molar-refractivity contribution in [1.29, 1.82) is 0 Å². The van der Waals surface area contributed by atoms with Crippen molar-refractivity contribution in [3.63, 3.8) is 0 Å². The number of hydrogen-bond donors (Lipinski definition) is 4. The Hall–Kier alpha value is -5.36. The average Bonchev–Trinajstić information content (AvgIpc) is 3.66. The molecular formula is C35H41ClF3N9O6. The molecule has 5 rings (SSSR count). The number of amides is 3. The van der Waals surface area contributed by atoms with E-state index in [4.69, 9.17) is 32.0 Å². The number of carboxylic acid groups (broad SMARTS) is 1. The van der Waals surface area contributed by atoms with Gasteiger partial charge in [0.05, 0.1) is 11.7 Å². The average molecular weight is 776 g/mol. The summed E-state index contributed by atoms with van der Waals surface area (Å²) in [5, 5.41) is 24.5. The fraction of sp³-hybridized carbons (Fsp3) is 0.429. The number of alkyl halides is 3. The number of nitrogens with zero attached hydrogens (tertiary/aromatic N) is 6. The Morgan fingerprint density at radius 3 is 2.22 bits per heavy atom. The molecule has 290 valence electrons. The number of carbonyl (C=O) groups excluding carboxylic acids is 3. The van der Waals surface area contributed by atoms with Gasteiger partial charge in [0.25, 0.3) is 5.91 Å². The number of tetrazole rings is 1. The Bertz CT molecular complexity index is 1810. The van der Waals surface area contributed by atoms with Gasteiger partial charge in [0.1, 0.15) is 17.4 Å². The van der Waals surface area contributed by atoms with Gasteiger partial charge in [-0.15, -0.1) is 10.2 Å². The first-order valence-electron chi connectivity index (χ1n) is 16.9. The summed E-state index contributed by atoms with van der Waals surface area (Å²) in [4.78, 5) is 56.4. The molecule has 2 heterocycles. The molecule has 1 atom stereocenters. The second kappa shape index (κ2) is 18.1. The first-order chi connectivity index (χ1) is 25.4. The van der Waals surface area contributed by atoms with Crippen molar-refractivity contribution in [2.75, 3.05) is 23.0 Å². The fourth-order valence-corrected chi connectivity index (χ4v) is 5.88. The number of nitrogens with two attached hydrogens (primary N) is 1. The molecule has 3 amide bonds. The summed E-state index contributed by atoms with van der Waals surface area (Å²) in [5.41, 5.74) is 8.73. The van der Waals surface area contributed by atoms with E-state index in [2.05, 4.69) is 30.9 Å². The van der Waals surface area contributed by atoms with E-state index in [0.29, 0.717) is 48.3 Å². The fourth-order valence-electron chi connectivity index (χ4n) is 5.67. The maximum absolute atomic E-state index is 14.1. The molecule has 1 saturated carbocycles. The van der Waals surface area contributed by atoms with Crippen molar-refractivity contribution in [1.82, 2.24) is 25.9 Å². The van der Waals surface area contributed by atoms with Gasteiger partial charge in [-0.1, -0.05) is 23.7 Å². The zero-order chi connectivity index (χ0) is 39.6. The van der Waals surface area contributed by atoms with E-state index >= 15 is 0 Å². The van der Waals surface area contributed by atoms with Crippen LogP contribution in [0.1, 0.15) is 52.0 Å². The summed E-state index contributed by atoms with van der Waals surface area (Å²) in [6, 6.07) is 13.5. The van der Waals surface area contributed by atoms with Crippen LogP contribution in [0.4, 0.5) is 29.3 Å². The van der Waals surface area contributed by atoms with Crippen LogP contribution in [0.15, 0.2) is 64.8 Å². The Morgan fingerprint density at radius 2 is 1.69 bits per heavy atom. The minimum Gasteiger partial charge on any atom is -0.475 e. The van der Waals surface area contributed by atoms with Gasteiger partial charge in [-0.25, -0.2) is 14.5 Å². The summed E-state index contributed by atoms with van der Waals surface area (Å²) in [6.07, 6.45) is 0.698. The maximum atomic E-state index is 14.1. The van der Waals surface area contributed by atoms with Gasteiger partial charge in [-0.05, 0) is 112 Å². The number of aliphatic imine (C=N–C) groups is 1. The van der Waals surface area contributed by atoms with Crippen LogP contribution in [0.3, 0.4) is 0 Å². The minimum absolute atomic E-state index is 0.206. The van der Waals surface area contributed by atoms with Gasteiger partial charge >= 0.3 is 18.2 Å². The van der Waals surface area contributed by atoms with Crippen molar-refractivity contribution in [3.8, 4) is 11.4 Å². The lowest BCUT2D eigenvalue weighted by Gasteiger charge is -2.32. The summed E-state index contributed by atoms with van der Waals surface area (Å²) < 4.78 is 37.1. The van der Waals surface area contributed by atoms with Crippen LogP contribution in [0.5, 0.6) is 0 Å². The number of H-pyrrole nitrogens is 1. The molecule has 1 aliphatic heterocycles. The predicted octanol–water partition coefficient (Wildman–Crippen LogP) is 5.19. The number of aromatic nitrogens is 4. The predicted molar refractivity (Wildman–Crippen MR) is 193 cm³/mol. The number of hydrogen-bond acceptors (Lipinski definition) is 11. The zero-order valence-corrected chi connectivity index (χ0v) is 30.5. The van der Waals surface area contributed by atoms with Crippen LogP contribution in [0, 0.1) is 11.8 Å². The SMILES string of the molecule is CC(C)(C)OC(=O)NC[C@H]1CC[C@H](C(=O)N(C(=O)[C@@H](N)Cc2ccc(N3CN=CC=C3Cl)cc2)c2ccc(-c3nn[nH]n3)cc2)CC1.O=C(O)C(F)(F)F. The summed E-state index contributed by atoms with van der Waals surface area (Å²) >= 11 is 6.33. The number of rotatable bonds is 9. The quantitative estimate of drug-likeness (QED) is 0.208. The number of aliphatic carboxylic acids is 1. The number of aromatic amines is 1. The number of imide groups is 1. The Balaban J connectivity index is 0.000000845. The van der Waals surface area contributed by atoms with Crippen molar-refractivity contribution < 1.29 is 42.2 Å². The van der Waals surface area contributed by atoms with E-state index < -0.39 is 35.8 Å². The summed E-state index contributed by atoms with van der Waals surface area (Å²) in [6.45, 7) is 6.33. The normalized spacial score (nSPS) is 17.7. The second-order valence-electron chi connectivity index (χ2n) is 13.6. The molecule has 1 aromatic heterocycles. The molecule has 0 saturated heterocycles. The number of ether oxygens (including phenoxy) is 1. The van der Waals surface area contributed by atoms with Crippen LogP contribution < -0.4 is 20.9 Å². The lowest BCUT2D eigenvalue weighted by molar-refractivity contribution is -0.192. The number of anilines is 2. The second-order valence-corrected chi connectivity index (χ2v) is 14.0. The first kappa shape index (κ1) is 41.4. The highest BCUT2D eigenvalue weighted by molar-refractivity contribution is 6.32. The van der Waals surface area contributed by atoms with E-state index in [1.54, 1.807) is 36.6 Å². The van der Waals surface area contributed by atoms with Gasteiger partial charge < -0.3 is 25.8 Å². The molecule has 2 aliphatic rings. The minimum atomic E-state index is -5.08. The molecule has 2 aromatic carbocycles. The number of benzene rings is 2. The van der Waals surface area contributed by atoms with E-state index in [1.807, 2.05) is 49.9 Å². The third-order valence-electron chi connectivity index (χ3n) is 8.36. The zero-order valence-electron chi connectivity index (χ0n) is 29.7. The Kier molecular flexibility index (Phi) is 13.9. The molecule has 0 radical (unpaired) electrons. The molecule has 0 bridgehead atoms. The van der Waals surface area contributed by atoms with Crippen molar-refractivity contribution in [3.05, 3.63) is 65.3 Å². The highest BCUT2D eigenvalue weighted by Gasteiger charge is 2.38.